The van der Waals surface area contributed by atoms with Gasteiger partial charge in [0.1, 0.15) is 13.2 Å². The Morgan fingerprint density at radius 2 is 1.67 bits per heavy atom. The normalized spacial score (nSPS) is 10.8. The van der Waals surface area contributed by atoms with E-state index in [1.165, 1.54) is 0 Å². The van der Waals surface area contributed by atoms with Gasteiger partial charge in [0, 0.05) is 20.4 Å². The minimum Gasteiger partial charge on any atom is -0.487 e. The molecule has 0 aliphatic carbocycles. The zero-order chi connectivity index (χ0) is 15.1. The molecule has 1 aromatic carbocycles. The predicted octanol–water partition coefficient (Wildman–Crippen LogP) is 2.94. The number of ether oxygens (including phenoxy) is 4. The first kappa shape index (κ1) is 15.8. The molecule has 2 aromatic rings. The van der Waals surface area contributed by atoms with E-state index in [0.29, 0.717) is 42.9 Å². The van der Waals surface area contributed by atoms with E-state index in [-0.39, 0.29) is 0 Å². The number of benzene rings is 1. The lowest BCUT2D eigenvalue weighted by atomic mass is 10.2. The number of fused-ring (bicyclic) bond motifs is 1. The largest absolute Gasteiger partial charge is 0.487 e. The average Bonchev–Trinajstić information content (AvgIpc) is 2.49. The molecule has 0 atom stereocenters. The highest BCUT2D eigenvalue weighted by Gasteiger charge is 2.14. The van der Waals surface area contributed by atoms with E-state index < -0.39 is 0 Å². The van der Waals surface area contributed by atoms with Crippen LogP contribution in [0.1, 0.15) is 0 Å². The van der Waals surface area contributed by atoms with Crippen LogP contribution in [0.4, 0.5) is 0 Å². The summed E-state index contributed by atoms with van der Waals surface area (Å²) in [4.78, 5) is 4.29. The summed E-state index contributed by atoms with van der Waals surface area (Å²) in [6.45, 7) is 1.81. The van der Waals surface area contributed by atoms with Crippen molar-refractivity contribution in [3.63, 3.8) is 0 Å². The molecular weight excluding hydrogens is 294 g/mol. The van der Waals surface area contributed by atoms with Crippen molar-refractivity contribution in [3.05, 3.63) is 29.4 Å². The Balaban J connectivity index is 2.36. The minimum atomic E-state index is 0.404. The third kappa shape index (κ3) is 3.97. The van der Waals surface area contributed by atoms with Crippen molar-refractivity contribution in [2.75, 3.05) is 40.6 Å². The molecule has 0 amide bonds. The molecule has 0 unspecified atom stereocenters. The van der Waals surface area contributed by atoms with Gasteiger partial charge in [-0.2, -0.15) is 0 Å². The van der Waals surface area contributed by atoms with Gasteiger partial charge in [0.15, 0.2) is 11.5 Å². The van der Waals surface area contributed by atoms with Crippen molar-refractivity contribution in [1.82, 2.24) is 4.98 Å². The minimum absolute atomic E-state index is 0.404. The zero-order valence-corrected chi connectivity index (χ0v) is 12.9. The first-order valence-corrected chi connectivity index (χ1v) is 6.96. The van der Waals surface area contributed by atoms with E-state index in [4.69, 9.17) is 30.5 Å². The maximum absolute atomic E-state index is 6.28. The molecule has 0 radical (unpaired) electrons. The summed E-state index contributed by atoms with van der Waals surface area (Å²) in [6, 6.07) is 5.40. The second-order valence-corrected chi connectivity index (χ2v) is 4.67. The van der Waals surface area contributed by atoms with Crippen molar-refractivity contribution >= 4 is 22.5 Å². The van der Waals surface area contributed by atoms with Gasteiger partial charge in [-0.1, -0.05) is 11.6 Å². The fourth-order valence-electron chi connectivity index (χ4n) is 1.88. The second kappa shape index (κ2) is 8.02. The number of nitrogens with zero attached hydrogens (tertiary/aromatic N) is 1. The molecule has 0 saturated carbocycles. The highest BCUT2D eigenvalue weighted by Crippen LogP contribution is 2.38. The fourth-order valence-corrected chi connectivity index (χ4v) is 2.12. The monoisotopic (exact) mass is 311 g/mol. The van der Waals surface area contributed by atoms with Gasteiger partial charge in [-0.05, 0) is 18.2 Å². The number of rotatable bonds is 8. The van der Waals surface area contributed by atoms with E-state index in [2.05, 4.69) is 4.98 Å². The first-order valence-electron chi connectivity index (χ1n) is 6.58. The van der Waals surface area contributed by atoms with Crippen LogP contribution < -0.4 is 9.47 Å². The molecule has 21 heavy (non-hydrogen) atoms. The third-order valence-electron chi connectivity index (χ3n) is 2.85. The van der Waals surface area contributed by atoms with Crippen LogP contribution in [-0.2, 0) is 9.47 Å². The molecule has 1 aromatic heterocycles. The second-order valence-electron chi connectivity index (χ2n) is 4.26. The number of hydrogen-bond acceptors (Lipinski definition) is 5. The van der Waals surface area contributed by atoms with Crippen LogP contribution in [0, 0.1) is 0 Å². The van der Waals surface area contributed by atoms with Crippen molar-refractivity contribution in [2.24, 2.45) is 0 Å². The topological polar surface area (TPSA) is 49.8 Å². The van der Waals surface area contributed by atoms with E-state index >= 15 is 0 Å². The molecule has 0 saturated heterocycles. The molecular formula is C15H18ClNO4. The summed E-state index contributed by atoms with van der Waals surface area (Å²) >= 11 is 6.28. The summed E-state index contributed by atoms with van der Waals surface area (Å²) in [5.41, 5.74) is 0.758. The number of halogens is 1. The Kier molecular flexibility index (Phi) is 6.04. The summed E-state index contributed by atoms with van der Waals surface area (Å²) in [6.07, 6.45) is 1.66. The SMILES string of the molecule is COCCOc1ccc2nccc(Cl)c2c1OCCOC. The molecule has 6 heteroatoms. The highest BCUT2D eigenvalue weighted by atomic mass is 35.5. The van der Waals surface area contributed by atoms with Gasteiger partial charge in [0.05, 0.1) is 29.1 Å². The maximum atomic E-state index is 6.28. The molecule has 5 nitrogen and oxygen atoms in total. The molecule has 0 N–H and O–H groups in total. The van der Waals surface area contributed by atoms with Crippen molar-refractivity contribution in [2.45, 2.75) is 0 Å². The number of methoxy groups -OCH3 is 2. The number of pyridine rings is 1. The predicted molar refractivity (Wildman–Crippen MR) is 81.5 cm³/mol. The van der Waals surface area contributed by atoms with Gasteiger partial charge in [-0.3, -0.25) is 4.98 Å². The Hall–Kier alpha value is -1.56. The van der Waals surface area contributed by atoms with Crippen molar-refractivity contribution < 1.29 is 18.9 Å². The average molecular weight is 312 g/mol. The van der Waals surface area contributed by atoms with Crippen LogP contribution in [0.25, 0.3) is 10.9 Å². The summed E-state index contributed by atoms with van der Waals surface area (Å²) in [5, 5.41) is 1.31. The summed E-state index contributed by atoms with van der Waals surface area (Å²) in [5.74, 6) is 1.20. The quantitative estimate of drug-likeness (QED) is 0.702. The lowest BCUT2D eigenvalue weighted by molar-refractivity contribution is 0.133. The maximum Gasteiger partial charge on any atom is 0.172 e. The molecule has 0 fully saturated rings. The van der Waals surface area contributed by atoms with Gasteiger partial charge >= 0.3 is 0 Å². The molecule has 0 spiro atoms. The lowest BCUT2D eigenvalue weighted by Crippen LogP contribution is -2.09. The van der Waals surface area contributed by atoms with Crippen molar-refractivity contribution in [1.29, 1.82) is 0 Å². The standard InChI is InChI=1S/C15H18ClNO4/c1-18-7-9-20-13-4-3-12-14(11(16)5-6-17-12)15(13)21-10-8-19-2/h3-6H,7-10H2,1-2H3. The zero-order valence-electron chi connectivity index (χ0n) is 12.1. The van der Waals surface area contributed by atoms with E-state index in [9.17, 15) is 0 Å². The number of aromatic nitrogens is 1. The Labute approximate surface area is 128 Å². The van der Waals surface area contributed by atoms with E-state index in [1.54, 1.807) is 26.5 Å². The van der Waals surface area contributed by atoms with E-state index in [1.807, 2.05) is 12.1 Å². The van der Waals surface area contributed by atoms with Gasteiger partial charge in [0.25, 0.3) is 0 Å². The molecule has 114 valence electrons. The smallest absolute Gasteiger partial charge is 0.172 e. The lowest BCUT2D eigenvalue weighted by Gasteiger charge is -2.15. The summed E-state index contributed by atoms with van der Waals surface area (Å²) < 4.78 is 21.5. The molecule has 1 heterocycles. The van der Waals surface area contributed by atoms with Gasteiger partial charge in [-0.25, -0.2) is 0 Å². The van der Waals surface area contributed by atoms with Crippen molar-refractivity contribution in [3.8, 4) is 11.5 Å². The Morgan fingerprint density at radius 3 is 2.38 bits per heavy atom. The third-order valence-corrected chi connectivity index (χ3v) is 3.17. The first-order chi connectivity index (χ1) is 10.3. The van der Waals surface area contributed by atoms with Crippen LogP contribution in [0.15, 0.2) is 24.4 Å². The van der Waals surface area contributed by atoms with Crippen LogP contribution >= 0.6 is 11.6 Å². The Bertz CT molecular complexity index is 591. The van der Waals surface area contributed by atoms with E-state index in [0.717, 1.165) is 10.9 Å². The molecule has 2 rings (SSSR count). The van der Waals surface area contributed by atoms with Crippen LogP contribution in [0.3, 0.4) is 0 Å². The van der Waals surface area contributed by atoms with Gasteiger partial charge in [-0.15, -0.1) is 0 Å². The molecule has 0 aliphatic rings. The van der Waals surface area contributed by atoms with Crippen LogP contribution in [0.5, 0.6) is 11.5 Å². The van der Waals surface area contributed by atoms with Crippen LogP contribution in [-0.4, -0.2) is 45.6 Å². The summed E-state index contributed by atoms with van der Waals surface area (Å²) in [7, 11) is 3.25. The van der Waals surface area contributed by atoms with Gasteiger partial charge in [0.2, 0.25) is 0 Å². The fraction of sp³-hybridized carbons (Fsp3) is 0.400. The highest BCUT2D eigenvalue weighted by molar-refractivity contribution is 6.36. The molecule has 0 aliphatic heterocycles. The number of hydrogen-bond donors (Lipinski definition) is 0. The van der Waals surface area contributed by atoms with Gasteiger partial charge < -0.3 is 18.9 Å². The Morgan fingerprint density at radius 1 is 0.952 bits per heavy atom. The molecule has 0 bridgehead atoms. The van der Waals surface area contributed by atoms with Crippen LogP contribution in [0.2, 0.25) is 5.02 Å².